The van der Waals surface area contributed by atoms with Crippen molar-refractivity contribution in [3.63, 3.8) is 0 Å². The normalized spacial score (nSPS) is 15.9. The molecule has 4 rings (SSSR count). The SMILES string of the molecule is C[C@@H](c1nnc(-c2ccc([N+](=O)[O-])cc2)o1)[NH+](Cc1ccc(F)cc1)C1CC1. The Labute approximate surface area is 161 Å². The van der Waals surface area contributed by atoms with Crippen LogP contribution in [0.5, 0.6) is 0 Å². The summed E-state index contributed by atoms with van der Waals surface area (Å²) < 4.78 is 19.0. The van der Waals surface area contributed by atoms with Gasteiger partial charge in [-0.05, 0) is 31.2 Å². The predicted molar refractivity (Wildman–Crippen MR) is 98.9 cm³/mol. The van der Waals surface area contributed by atoms with Crippen LogP contribution in [0.4, 0.5) is 10.1 Å². The van der Waals surface area contributed by atoms with Crippen LogP contribution in [0, 0.1) is 15.9 Å². The second kappa shape index (κ2) is 7.47. The van der Waals surface area contributed by atoms with Gasteiger partial charge in [0, 0.05) is 36.1 Å². The Morgan fingerprint density at radius 1 is 1.18 bits per heavy atom. The molecule has 1 fully saturated rings. The van der Waals surface area contributed by atoms with Crippen molar-refractivity contribution in [3.8, 4) is 11.5 Å². The molecule has 1 aliphatic carbocycles. The van der Waals surface area contributed by atoms with Gasteiger partial charge < -0.3 is 9.32 Å². The van der Waals surface area contributed by atoms with Gasteiger partial charge in [-0.3, -0.25) is 10.1 Å². The molecule has 3 aromatic rings. The van der Waals surface area contributed by atoms with E-state index >= 15 is 0 Å². The molecular weight excluding hydrogens is 363 g/mol. The largest absolute Gasteiger partial charge is 0.415 e. The van der Waals surface area contributed by atoms with E-state index in [1.807, 2.05) is 6.92 Å². The third-order valence-electron chi connectivity index (χ3n) is 5.12. The highest BCUT2D eigenvalue weighted by Crippen LogP contribution is 2.24. The highest BCUT2D eigenvalue weighted by Gasteiger charge is 2.39. The topological polar surface area (TPSA) is 86.5 Å². The fourth-order valence-electron chi connectivity index (χ4n) is 3.35. The molecule has 2 atom stereocenters. The first-order chi connectivity index (χ1) is 13.5. The molecule has 0 amide bonds. The summed E-state index contributed by atoms with van der Waals surface area (Å²) in [5, 5.41) is 19.1. The maximum Gasteiger partial charge on any atom is 0.274 e. The van der Waals surface area contributed by atoms with Crippen molar-refractivity contribution in [1.29, 1.82) is 0 Å². The average Bonchev–Trinajstić information content (AvgIpc) is 3.42. The molecule has 0 bridgehead atoms. The van der Waals surface area contributed by atoms with Crippen LogP contribution in [0.2, 0.25) is 0 Å². The van der Waals surface area contributed by atoms with Crippen molar-refractivity contribution in [2.75, 3.05) is 0 Å². The van der Waals surface area contributed by atoms with Crippen LogP contribution in [0.25, 0.3) is 11.5 Å². The zero-order valence-electron chi connectivity index (χ0n) is 15.3. The standard InChI is InChI=1S/C20H19FN4O3/c1-13(24(17-10-11-17)12-14-2-6-16(21)7-3-14)19-22-23-20(28-19)15-4-8-18(9-5-15)25(26)27/h2-9,13,17H,10-12H2,1H3/p+1/t13-/m0/s1. The highest BCUT2D eigenvalue weighted by atomic mass is 19.1. The number of quaternary nitrogens is 1. The second-order valence-electron chi connectivity index (χ2n) is 7.12. The quantitative estimate of drug-likeness (QED) is 0.500. The molecule has 1 saturated carbocycles. The third-order valence-corrected chi connectivity index (χ3v) is 5.12. The van der Waals surface area contributed by atoms with Gasteiger partial charge in [-0.2, -0.15) is 0 Å². The first-order valence-corrected chi connectivity index (χ1v) is 9.19. The number of benzene rings is 2. The van der Waals surface area contributed by atoms with Gasteiger partial charge in [0.15, 0.2) is 6.04 Å². The van der Waals surface area contributed by atoms with Gasteiger partial charge in [0.2, 0.25) is 5.89 Å². The Kier molecular flexibility index (Phi) is 4.87. The first-order valence-electron chi connectivity index (χ1n) is 9.19. The van der Waals surface area contributed by atoms with Crippen molar-refractivity contribution in [3.05, 3.63) is 75.9 Å². The van der Waals surface area contributed by atoms with Crippen molar-refractivity contribution in [2.45, 2.75) is 38.4 Å². The van der Waals surface area contributed by atoms with E-state index in [4.69, 9.17) is 4.42 Å². The fourth-order valence-corrected chi connectivity index (χ4v) is 3.35. The summed E-state index contributed by atoms with van der Waals surface area (Å²) >= 11 is 0. The molecule has 1 aromatic heterocycles. The summed E-state index contributed by atoms with van der Waals surface area (Å²) in [6, 6.07) is 13.1. The number of halogens is 1. The van der Waals surface area contributed by atoms with Crippen LogP contribution in [0.15, 0.2) is 52.9 Å². The molecule has 0 radical (unpaired) electrons. The van der Waals surface area contributed by atoms with E-state index in [-0.39, 0.29) is 17.5 Å². The Morgan fingerprint density at radius 3 is 2.46 bits per heavy atom. The van der Waals surface area contributed by atoms with E-state index in [1.165, 1.54) is 29.2 Å². The molecule has 0 saturated heterocycles. The second-order valence-corrected chi connectivity index (χ2v) is 7.12. The van der Waals surface area contributed by atoms with Crippen LogP contribution in [-0.2, 0) is 6.54 Å². The van der Waals surface area contributed by atoms with Gasteiger partial charge in [0.25, 0.3) is 11.6 Å². The van der Waals surface area contributed by atoms with Crippen LogP contribution < -0.4 is 4.90 Å². The number of aromatic nitrogens is 2. The zero-order valence-corrected chi connectivity index (χ0v) is 15.3. The number of rotatable bonds is 7. The maximum atomic E-state index is 13.2. The summed E-state index contributed by atoms with van der Waals surface area (Å²) in [4.78, 5) is 11.6. The van der Waals surface area contributed by atoms with Crippen molar-refractivity contribution in [2.24, 2.45) is 0 Å². The molecular formula is C20H20FN4O3+. The van der Waals surface area contributed by atoms with E-state index in [2.05, 4.69) is 10.2 Å². The minimum Gasteiger partial charge on any atom is -0.415 e. The number of non-ortho nitro benzene ring substituents is 1. The molecule has 7 nitrogen and oxygen atoms in total. The zero-order chi connectivity index (χ0) is 19.7. The number of hydrogen-bond acceptors (Lipinski definition) is 5. The van der Waals surface area contributed by atoms with Crippen LogP contribution in [0.3, 0.4) is 0 Å². The number of hydrogen-bond donors (Lipinski definition) is 1. The first kappa shape index (κ1) is 18.2. The summed E-state index contributed by atoms with van der Waals surface area (Å²) in [6.07, 6.45) is 2.29. The van der Waals surface area contributed by atoms with Gasteiger partial charge in [-0.25, -0.2) is 4.39 Å². The number of nitro benzene ring substituents is 1. The molecule has 1 aliphatic rings. The Morgan fingerprint density at radius 2 is 1.86 bits per heavy atom. The Hall–Kier alpha value is -3.13. The molecule has 0 spiro atoms. The summed E-state index contributed by atoms with van der Waals surface area (Å²) in [5.74, 6) is 0.625. The number of nitrogens with one attached hydrogen (secondary N) is 1. The Bertz CT molecular complexity index is 968. The number of nitro groups is 1. The lowest BCUT2D eigenvalue weighted by atomic mass is 10.1. The van der Waals surface area contributed by atoms with Gasteiger partial charge in [-0.15, -0.1) is 10.2 Å². The van der Waals surface area contributed by atoms with E-state index in [0.29, 0.717) is 23.4 Å². The molecule has 144 valence electrons. The van der Waals surface area contributed by atoms with E-state index in [9.17, 15) is 14.5 Å². The third kappa shape index (κ3) is 3.91. The van der Waals surface area contributed by atoms with E-state index in [1.54, 1.807) is 24.3 Å². The molecule has 1 N–H and O–H groups in total. The predicted octanol–water partition coefficient (Wildman–Crippen LogP) is 3.09. The lowest BCUT2D eigenvalue weighted by Gasteiger charge is -2.23. The summed E-state index contributed by atoms with van der Waals surface area (Å²) in [5.41, 5.74) is 1.72. The van der Waals surface area contributed by atoms with Crippen molar-refractivity contribution < 1.29 is 18.6 Å². The smallest absolute Gasteiger partial charge is 0.274 e. The lowest BCUT2D eigenvalue weighted by Crippen LogP contribution is -3.12. The maximum absolute atomic E-state index is 13.2. The lowest BCUT2D eigenvalue weighted by molar-refractivity contribution is -0.955. The Balaban J connectivity index is 1.52. The highest BCUT2D eigenvalue weighted by molar-refractivity contribution is 5.55. The van der Waals surface area contributed by atoms with Gasteiger partial charge in [-0.1, -0.05) is 12.1 Å². The molecule has 8 heteroatoms. The molecule has 0 aliphatic heterocycles. The molecule has 28 heavy (non-hydrogen) atoms. The van der Waals surface area contributed by atoms with Crippen molar-refractivity contribution in [1.82, 2.24) is 10.2 Å². The van der Waals surface area contributed by atoms with Crippen LogP contribution in [0.1, 0.15) is 37.3 Å². The van der Waals surface area contributed by atoms with Gasteiger partial charge >= 0.3 is 0 Å². The number of nitrogens with zero attached hydrogens (tertiary/aromatic N) is 3. The van der Waals surface area contributed by atoms with E-state index < -0.39 is 4.92 Å². The summed E-state index contributed by atoms with van der Waals surface area (Å²) in [7, 11) is 0. The molecule has 1 unspecified atom stereocenters. The van der Waals surface area contributed by atoms with Crippen LogP contribution >= 0.6 is 0 Å². The molecule has 1 heterocycles. The van der Waals surface area contributed by atoms with Gasteiger partial charge in [0.05, 0.1) is 11.0 Å². The monoisotopic (exact) mass is 383 g/mol. The van der Waals surface area contributed by atoms with Crippen molar-refractivity contribution >= 4 is 5.69 Å². The molecule has 2 aromatic carbocycles. The average molecular weight is 383 g/mol. The fraction of sp³-hybridized carbons (Fsp3) is 0.300. The minimum absolute atomic E-state index is 0.0144. The van der Waals surface area contributed by atoms with Crippen LogP contribution in [-0.4, -0.2) is 21.2 Å². The van der Waals surface area contributed by atoms with E-state index in [0.717, 1.165) is 24.9 Å². The minimum atomic E-state index is -0.447. The van der Waals surface area contributed by atoms with Gasteiger partial charge in [0.1, 0.15) is 12.4 Å². The summed E-state index contributed by atoms with van der Waals surface area (Å²) in [6.45, 7) is 2.80.